The third-order valence-electron chi connectivity index (χ3n) is 5.93. The Labute approximate surface area is 200 Å². The SMILES string of the molecule is CCCCOc1ccc(C(O)=C2C(=O)C(=O)N(CCCN(C)C)[C@@H]2c2ccc(F)cc2)cc1C. The Morgan fingerprint density at radius 1 is 1.12 bits per heavy atom. The molecule has 0 radical (unpaired) electrons. The summed E-state index contributed by atoms with van der Waals surface area (Å²) < 4.78 is 19.4. The average Bonchev–Trinajstić information content (AvgIpc) is 3.05. The van der Waals surface area contributed by atoms with Gasteiger partial charge in [-0.2, -0.15) is 0 Å². The number of aryl methyl sites for hydroxylation is 1. The number of aliphatic hydroxyl groups is 1. The van der Waals surface area contributed by atoms with Crippen LogP contribution in [0.25, 0.3) is 5.76 Å². The molecule has 1 amide bonds. The number of hydrogen-bond acceptors (Lipinski definition) is 5. The average molecular weight is 469 g/mol. The van der Waals surface area contributed by atoms with E-state index in [0.717, 1.165) is 24.9 Å². The van der Waals surface area contributed by atoms with Crippen molar-refractivity contribution in [3.63, 3.8) is 0 Å². The van der Waals surface area contributed by atoms with Crippen LogP contribution in [0, 0.1) is 12.7 Å². The third-order valence-corrected chi connectivity index (χ3v) is 5.93. The Morgan fingerprint density at radius 3 is 2.44 bits per heavy atom. The van der Waals surface area contributed by atoms with Gasteiger partial charge in [0.15, 0.2) is 0 Å². The number of halogens is 1. The number of Topliss-reactive ketones (excluding diaryl/α,β-unsaturated/α-hetero) is 1. The smallest absolute Gasteiger partial charge is 0.295 e. The van der Waals surface area contributed by atoms with E-state index in [0.29, 0.717) is 36.4 Å². The molecule has 0 aromatic heterocycles. The van der Waals surface area contributed by atoms with Gasteiger partial charge in [0, 0.05) is 12.1 Å². The molecule has 1 N–H and O–H groups in total. The molecule has 1 heterocycles. The molecule has 34 heavy (non-hydrogen) atoms. The molecule has 1 aliphatic heterocycles. The second-order valence-electron chi connectivity index (χ2n) is 8.88. The lowest BCUT2D eigenvalue weighted by Crippen LogP contribution is -2.32. The highest BCUT2D eigenvalue weighted by atomic mass is 19.1. The Hall–Kier alpha value is -3.19. The molecule has 0 aliphatic carbocycles. The zero-order valence-electron chi connectivity index (χ0n) is 20.3. The van der Waals surface area contributed by atoms with Gasteiger partial charge in [-0.25, -0.2) is 4.39 Å². The first-order valence-corrected chi connectivity index (χ1v) is 11.7. The fraction of sp³-hybridized carbons (Fsp3) is 0.407. The van der Waals surface area contributed by atoms with Crippen molar-refractivity contribution in [1.82, 2.24) is 9.80 Å². The lowest BCUT2D eigenvalue weighted by molar-refractivity contribution is -0.139. The molecule has 182 valence electrons. The van der Waals surface area contributed by atoms with Crippen molar-refractivity contribution in [2.75, 3.05) is 33.8 Å². The summed E-state index contributed by atoms with van der Waals surface area (Å²) in [4.78, 5) is 29.5. The molecule has 1 atom stereocenters. The molecular weight excluding hydrogens is 435 g/mol. The van der Waals surface area contributed by atoms with Gasteiger partial charge in [-0.3, -0.25) is 9.59 Å². The summed E-state index contributed by atoms with van der Waals surface area (Å²) in [6.07, 6.45) is 2.62. The van der Waals surface area contributed by atoms with E-state index in [1.54, 1.807) is 30.3 Å². The zero-order chi connectivity index (χ0) is 24.8. The summed E-state index contributed by atoms with van der Waals surface area (Å²) in [7, 11) is 3.87. The van der Waals surface area contributed by atoms with Gasteiger partial charge >= 0.3 is 0 Å². The maximum absolute atomic E-state index is 13.6. The van der Waals surface area contributed by atoms with E-state index >= 15 is 0 Å². The highest BCUT2D eigenvalue weighted by Crippen LogP contribution is 2.40. The normalized spacial score (nSPS) is 17.6. The van der Waals surface area contributed by atoms with Crippen LogP contribution in [-0.2, 0) is 9.59 Å². The monoisotopic (exact) mass is 468 g/mol. The maximum Gasteiger partial charge on any atom is 0.295 e. The molecule has 1 aliphatic rings. The summed E-state index contributed by atoms with van der Waals surface area (Å²) in [5, 5.41) is 11.2. The van der Waals surface area contributed by atoms with E-state index in [2.05, 4.69) is 6.92 Å². The van der Waals surface area contributed by atoms with Gasteiger partial charge in [0.2, 0.25) is 0 Å². The van der Waals surface area contributed by atoms with Crippen LogP contribution in [0.1, 0.15) is 48.9 Å². The quantitative estimate of drug-likeness (QED) is 0.237. The molecule has 7 heteroatoms. The Bertz CT molecular complexity index is 1060. The molecule has 0 unspecified atom stereocenters. The Morgan fingerprint density at radius 2 is 1.82 bits per heavy atom. The first-order valence-electron chi connectivity index (χ1n) is 11.7. The topological polar surface area (TPSA) is 70.1 Å². The fourth-order valence-corrected chi connectivity index (χ4v) is 4.10. The van der Waals surface area contributed by atoms with E-state index in [1.807, 2.05) is 25.9 Å². The van der Waals surface area contributed by atoms with Gasteiger partial charge in [0.05, 0.1) is 18.2 Å². The van der Waals surface area contributed by atoms with E-state index in [-0.39, 0.29) is 11.3 Å². The van der Waals surface area contributed by atoms with Crippen molar-refractivity contribution in [2.45, 2.75) is 39.2 Å². The second-order valence-corrected chi connectivity index (χ2v) is 8.88. The van der Waals surface area contributed by atoms with Gasteiger partial charge in [0.1, 0.15) is 17.3 Å². The summed E-state index contributed by atoms with van der Waals surface area (Å²) in [6, 6.07) is 10.1. The number of ketones is 1. The number of hydrogen-bond donors (Lipinski definition) is 1. The molecule has 2 aromatic rings. The van der Waals surface area contributed by atoms with Crippen molar-refractivity contribution in [1.29, 1.82) is 0 Å². The van der Waals surface area contributed by atoms with Crippen molar-refractivity contribution in [2.24, 2.45) is 0 Å². The number of carbonyl (C=O) groups excluding carboxylic acids is 2. The lowest BCUT2D eigenvalue weighted by Gasteiger charge is -2.26. The first kappa shape index (κ1) is 25.4. The van der Waals surface area contributed by atoms with E-state index in [4.69, 9.17) is 4.74 Å². The maximum atomic E-state index is 13.6. The molecule has 2 aromatic carbocycles. The minimum absolute atomic E-state index is 0.0144. The van der Waals surface area contributed by atoms with E-state index in [1.165, 1.54) is 17.0 Å². The van der Waals surface area contributed by atoms with Crippen molar-refractivity contribution < 1.29 is 23.8 Å². The van der Waals surface area contributed by atoms with Crippen molar-refractivity contribution >= 4 is 17.4 Å². The fourth-order valence-electron chi connectivity index (χ4n) is 4.10. The number of likely N-dealkylation sites (tertiary alicyclic amines) is 1. The number of benzene rings is 2. The van der Waals surface area contributed by atoms with Gasteiger partial charge < -0.3 is 19.6 Å². The number of carbonyl (C=O) groups is 2. The molecule has 3 rings (SSSR count). The molecule has 0 saturated carbocycles. The number of nitrogens with zero attached hydrogens (tertiary/aromatic N) is 2. The first-order chi connectivity index (χ1) is 16.2. The second kappa shape index (κ2) is 11.3. The van der Waals surface area contributed by atoms with Crippen LogP contribution in [0.4, 0.5) is 4.39 Å². The molecule has 6 nitrogen and oxygen atoms in total. The number of rotatable bonds is 10. The highest BCUT2D eigenvalue weighted by molar-refractivity contribution is 6.46. The van der Waals surface area contributed by atoms with Crippen LogP contribution in [0.3, 0.4) is 0 Å². The Kier molecular flexibility index (Phi) is 8.45. The molecule has 1 fully saturated rings. The third kappa shape index (κ3) is 5.65. The van der Waals surface area contributed by atoms with Crippen LogP contribution < -0.4 is 4.74 Å². The standard InChI is InChI=1S/C27H33FN2O4/c1-5-6-16-34-22-13-10-20(17-18(22)2)25(31)23-24(19-8-11-21(28)12-9-19)30(27(33)26(23)32)15-7-14-29(3)4/h8-13,17,24,31H,5-7,14-16H2,1-4H3/t24-/m1/s1. The minimum atomic E-state index is -0.788. The van der Waals surface area contributed by atoms with Gasteiger partial charge in [-0.05, 0) is 81.9 Å². The van der Waals surface area contributed by atoms with Gasteiger partial charge in [-0.1, -0.05) is 25.5 Å². The number of unbranched alkanes of at least 4 members (excludes halogenated alkanes) is 1. The van der Waals surface area contributed by atoms with Crippen LogP contribution in [-0.4, -0.2) is 60.4 Å². The van der Waals surface area contributed by atoms with Gasteiger partial charge in [0.25, 0.3) is 11.7 Å². The van der Waals surface area contributed by atoms with E-state index < -0.39 is 23.5 Å². The molecule has 1 saturated heterocycles. The van der Waals surface area contributed by atoms with Gasteiger partial charge in [-0.15, -0.1) is 0 Å². The predicted octanol–water partition coefficient (Wildman–Crippen LogP) is 4.69. The van der Waals surface area contributed by atoms with Crippen molar-refractivity contribution in [3.8, 4) is 5.75 Å². The van der Waals surface area contributed by atoms with Crippen LogP contribution in [0.5, 0.6) is 5.75 Å². The number of ether oxygens (including phenoxy) is 1. The highest BCUT2D eigenvalue weighted by Gasteiger charge is 2.45. The molecular formula is C27H33FN2O4. The summed E-state index contributed by atoms with van der Waals surface area (Å²) in [6.45, 7) is 5.63. The lowest BCUT2D eigenvalue weighted by atomic mass is 9.94. The molecule has 0 bridgehead atoms. The Balaban J connectivity index is 2.02. The summed E-state index contributed by atoms with van der Waals surface area (Å²) >= 11 is 0. The van der Waals surface area contributed by atoms with Crippen LogP contribution in [0.15, 0.2) is 48.0 Å². The minimum Gasteiger partial charge on any atom is -0.507 e. The van der Waals surface area contributed by atoms with Crippen molar-refractivity contribution in [3.05, 3.63) is 70.5 Å². The van der Waals surface area contributed by atoms with Crippen LogP contribution in [0.2, 0.25) is 0 Å². The molecule has 0 spiro atoms. The number of amides is 1. The zero-order valence-corrected chi connectivity index (χ0v) is 20.3. The predicted molar refractivity (Wildman–Crippen MR) is 130 cm³/mol. The van der Waals surface area contributed by atoms with E-state index in [9.17, 15) is 19.1 Å². The number of aliphatic hydroxyl groups excluding tert-OH is 1. The summed E-state index contributed by atoms with van der Waals surface area (Å²) in [5.74, 6) is -1.35. The summed E-state index contributed by atoms with van der Waals surface area (Å²) in [5.41, 5.74) is 1.83. The largest absolute Gasteiger partial charge is 0.507 e. The van der Waals surface area contributed by atoms with Crippen LogP contribution >= 0.6 is 0 Å².